The zero-order valence-corrected chi connectivity index (χ0v) is 6.93. The van der Waals surface area contributed by atoms with Crippen LogP contribution in [0.25, 0.3) is 0 Å². The summed E-state index contributed by atoms with van der Waals surface area (Å²) in [4.78, 5) is 0. The first-order valence-electron chi connectivity index (χ1n) is 4.27. The molecule has 1 nitrogen and oxygen atoms in total. The van der Waals surface area contributed by atoms with E-state index >= 15 is 0 Å². The van der Waals surface area contributed by atoms with E-state index in [4.69, 9.17) is 0 Å². The predicted molar refractivity (Wildman–Crippen MR) is 45.3 cm³/mol. The van der Waals surface area contributed by atoms with E-state index in [-0.39, 0.29) is 0 Å². The Labute approximate surface area is 67.4 Å². The summed E-state index contributed by atoms with van der Waals surface area (Å²) in [6, 6.07) is 0. The molecule has 0 amide bonds. The fraction of sp³-hybridized carbons (Fsp3) is 0.600. The van der Waals surface area contributed by atoms with Crippen molar-refractivity contribution in [2.75, 3.05) is 0 Å². The third-order valence-electron chi connectivity index (χ3n) is 2.55. The van der Waals surface area contributed by atoms with Crippen molar-refractivity contribution in [3.05, 3.63) is 23.3 Å². The summed E-state index contributed by atoms with van der Waals surface area (Å²) in [5.41, 5.74) is 2.43. The van der Waals surface area contributed by atoms with Crippen molar-refractivity contribution in [3.63, 3.8) is 0 Å². The first kappa shape index (κ1) is 7.11. The van der Waals surface area contributed by atoms with E-state index in [1.165, 1.54) is 17.6 Å². The monoisotopic (exact) mass is 150 g/mol. The highest BCUT2D eigenvalue weighted by Crippen LogP contribution is 2.39. The highest BCUT2D eigenvalue weighted by molar-refractivity contribution is 5.36. The molecule has 0 bridgehead atoms. The van der Waals surface area contributed by atoms with Gasteiger partial charge in [-0.25, -0.2) is 0 Å². The Morgan fingerprint density at radius 1 is 1.45 bits per heavy atom. The first-order valence-corrected chi connectivity index (χ1v) is 4.27. The fourth-order valence-corrected chi connectivity index (χ4v) is 2.08. The molecule has 1 heteroatoms. The van der Waals surface area contributed by atoms with Gasteiger partial charge in [-0.1, -0.05) is 17.7 Å². The van der Waals surface area contributed by atoms with E-state index < -0.39 is 5.60 Å². The van der Waals surface area contributed by atoms with Crippen LogP contribution in [0.1, 0.15) is 32.6 Å². The van der Waals surface area contributed by atoms with Gasteiger partial charge in [-0.2, -0.15) is 0 Å². The summed E-state index contributed by atoms with van der Waals surface area (Å²) in [6.45, 7) is 1.93. The highest BCUT2D eigenvalue weighted by atomic mass is 16.3. The van der Waals surface area contributed by atoms with E-state index in [0.29, 0.717) is 0 Å². The Hall–Kier alpha value is -0.560. The smallest absolute Gasteiger partial charge is 0.0697 e. The molecular weight excluding hydrogens is 136 g/mol. The molecule has 2 aliphatic carbocycles. The second-order valence-corrected chi connectivity index (χ2v) is 3.92. The van der Waals surface area contributed by atoms with E-state index in [9.17, 15) is 5.11 Å². The van der Waals surface area contributed by atoms with E-state index in [1.807, 2.05) is 6.92 Å². The first-order chi connectivity index (χ1) is 5.17. The van der Waals surface area contributed by atoms with E-state index in [1.54, 1.807) is 0 Å². The van der Waals surface area contributed by atoms with Gasteiger partial charge in [-0.15, -0.1) is 0 Å². The number of aliphatic hydroxyl groups is 1. The molecule has 1 atom stereocenters. The molecule has 0 heterocycles. The van der Waals surface area contributed by atoms with Crippen LogP contribution in [-0.4, -0.2) is 10.7 Å². The number of allylic oxidation sites excluding steroid dienone is 2. The van der Waals surface area contributed by atoms with Crippen LogP contribution < -0.4 is 0 Å². The second-order valence-electron chi connectivity index (χ2n) is 3.92. The van der Waals surface area contributed by atoms with Crippen molar-refractivity contribution in [3.8, 4) is 0 Å². The molecule has 1 unspecified atom stereocenters. The van der Waals surface area contributed by atoms with Crippen LogP contribution in [0.15, 0.2) is 23.3 Å². The van der Waals surface area contributed by atoms with Crippen LogP contribution in [0.5, 0.6) is 0 Å². The van der Waals surface area contributed by atoms with Crippen LogP contribution in [0.2, 0.25) is 0 Å². The van der Waals surface area contributed by atoms with Crippen molar-refractivity contribution in [2.24, 2.45) is 0 Å². The summed E-state index contributed by atoms with van der Waals surface area (Å²) in [6.07, 6.45) is 8.48. The molecule has 2 rings (SSSR count). The largest absolute Gasteiger partial charge is 0.390 e. The van der Waals surface area contributed by atoms with Gasteiger partial charge in [0.15, 0.2) is 0 Å². The van der Waals surface area contributed by atoms with Crippen LogP contribution >= 0.6 is 0 Å². The van der Waals surface area contributed by atoms with E-state index in [0.717, 1.165) is 19.3 Å². The minimum absolute atomic E-state index is 0.445. The third-order valence-corrected chi connectivity index (χ3v) is 2.55. The molecule has 60 valence electrons. The van der Waals surface area contributed by atoms with Gasteiger partial charge >= 0.3 is 0 Å². The highest BCUT2D eigenvalue weighted by Gasteiger charge is 2.31. The Bertz CT molecular complexity index is 233. The lowest BCUT2D eigenvalue weighted by atomic mass is 10.00. The zero-order valence-electron chi connectivity index (χ0n) is 6.93. The van der Waals surface area contributed by atoms with Crippen LogP contribution in [-0.2, 0) is 0 Å². The normalized spacial score (nSPS) is 36.2. The van der Waals surface area contributed by atoms with Gasteiger partial charge in [-0.05, 0) is 31.8 Å². The van der Waals surface area contributed by atoms with E-state index in [2.05, 4.69) is 12.2 Å². The molecular formula is C10H14O. The van der Waals surface area contributed by atoms with Crippen molar-refractivity contribution in [1.82, 2.24) is 0 Å². The summed E-state index contributed by atoms with van der Waals surface area (Å²) in [7, 11) is 0. The lowest BCUT2D eigenvalue weighted by Gasteiger charge is -2.15. The van der Waals surface area contributed by atoms with Crippen molar-refractivity contribution < 1.29 is 5.11 Å². The number of rotatable bonds is 0. The fourth-order valence-electron chi connectivity index (χ4n) is 2.08. The molecule has 0 aliphatic heterocycles. The van der Waals surface area contributed by atoms with Gasteiger partial charge in [0.1, 0.15) is 0 Å². The minimum Gasteiger partial charge on any atom is -0.390 e. The molecule has 0 fully saturated rings. The molecule has 1 N–H and O–H groups in total. The summed E-state index contributed by atoms with van der Waals surface area (Å²) >= 11 is 0. The van der Waals surface area contributed by atoms with Crippen molar-refractivity contribution >= 4 is 0 Å². The lowest BCUT2D eigenvalue weighted by molar-refractivity contribution is 0.0714. The maximum atomic E-state index is 9.75. The SMILES string of the molecule is CC1(O)CC2=C(CCC=C2)C1. The molecule has 0 radical (unpaired) electrons. The summed E-state index contributed by atoms with van der Waals surface area (Å²) < 4.78 is 0. The Balaban J connectivity index is 2.23. The molecule has 0 aromatic carbocycles. The minimum atomic E-state index is -0.445. The average molecular weight is 150 g/mol. The summed E-state index contributed by atoms with van der Waals surface area (Å²) in [5.74, 6) is 0. The quantitative estimate of drug-likeness (QED) is 0.561. The van der Waals surface area contributed by atoms with Gasteiger partial charge < -0.3 is 5.11 Å². The lowest BCUT2D eigenvalue weighted by Crippen LogP contribution is -2.19. The van der Waals surface area contributed by atoms with Gasteiger partial charge in [0.2, 0.25) is 0 Å². The van der Waals surface area contributed by atoms with Crippen molar-refractivity contribution in [2.45, 2.75) is 38.2 Å². The maximum absolute atomic E-state index is 9.75. The molecule has 0 aromatic heterocycles. The molecule has 0 aromatic rings. The molecule has 0 spiro atoms. The topological polar surface area (TPSA) is 20.2 Å². The van der Waals surface area contributed by atoms with Crippen molar-refractivity contribution in [1.29, 1.82) is 0 Å². The van der Waals surface area contributed by atoms with Crippen LogP contribution in [0.4, 0.5) is 0 Å². The molecule has 0 saturated carbocycles. The Kier molecular flexibility index (Phi) is 1.43. The van der Waals surface area contributed by atoms with Gasteiger partial charge in [0.05, 0.1) is 5.60 Å². The second kappa shape index (κ2) is 2.21. The standard InChI is InChI=1S/C10H14O/c1-10(11)6-8-4-2-3-5-9(8)7-10/h2,4,11H,3,5-7H2,1H3. The maximum Gasteiger partial charge on any atom is 0.0697 e. The van der Waals surface area contributed by atoms with Gasteiger partial charge in [0.25, 0.3) is 0 Å². The van der Waals surface area contributed by atoms with Gasteiger partial charge in [0, 0.05) is 6.42 Å². The Morgan fingerprint density at radius 3 is 3.00 bits per heavy atom. The zero-order chi connectivity index (χ0) is 7.90. The summed E-state index contributed by atoms with van der Waals surface area (Å²) in [5, 5.41) is 9.75. The molecule has 11 heavy (non-hydrogen) atoms. The third kappa shape index (κ3) is 1.25. The number of hydrogen-bond donors (Lipinski definition) is 1. The van der Waals surface area contributed by atoms with Gasteiger partial charge in [-0.3, -0.25) is 0 Å². The van der Waals surface area contributed by atoms with Crippen LogP contribution in [0.3, 0.4) is 0 Å². The number of hydrogen-bond acceptors (Lipinski definition) is 1. The predicted octanol–water partition coefficient (Wildman–Crippen LogP) is 2.18. The molecule has 0 saturated heterocycles. The Morgan fingerprint density at radius 2 is 2.27 bits per heavy atom. The molecule has 2 aliphatic rings. The average Bonchev–Trinajstić information content (AvgIpc) is 2.21. The van der Waals surface area contributed by atoms with Crippen LogP contribution in [0, 0.1) is 0 Å².